The summed E-state index contributed by atoms with van der Waals surface area (Å²) in [5.41, 5.74) is 7.00. The van der Waals surface area contributed by atoms with Crippen molar-refractivity contribution in [3.05, 3.63) is 41.7 Å². The fourth-order valence-electron chi connectivity index (χ4n) is 3.85. The Balaban J connectivity index is 1.67. The van der Waals surface area contributed by atoms with Crippen molar-refractivity contribution in [3.63, 3.8) is 0 Å². The number of aromatic nitrogens is 3. The number of nitrogens with zero attached hydrogens (tertiary/aromatic N) is 6. The third kappa shape index (κ3) is 10.5. The van der Waals surface area contributed by atoms with Crippen molar-refractivity contribution in [2.75, 3.05) is 47.7 Å². The van der Waals surface area contributed by atoms with Crippen LogP contribution in [0.3, 0.4) is 0 Å². The number of aliphatic hydroxyl groups is 1. The van der Waals surface area contributed by atoms with Gasteiger partial charge in [-0.25, -0.2) is 15.8 Å². The molecular weight excluding hydrogens is 740 g/mol. The van der Waals surface area contributed by atoms with Gasteiger partial charge in [0.2, 0.25) is 17.2 Å². The molecule has 8 N–H and O–H groups in total. The summed E-state index contributed by atoms with van der Waals surface area (Å²) < 4.78 is 13.7. The van der Waals surface area contributed by atoms with Crippen molar-refractivity contribution in [1.82, 2.24) is 15.0 Å². The van der Waals surface area contributed by atoms with Crippen LogP contribution in [0.25, 0.3) is 10.8 Å². The number of phenolic OH excluding ortho intramolecular Hbond substituents is 1. The van der Waals surface area contributed by atoms with Gasteiger partial charge >= 0.3 is 0 Å². The van der Waals surface area contributed by atoms with Crippen molar-refractivity contribution in [1.29, 1.82) is 0 Å². The molecule has 0 fully saturated rings. The number of azo groups is 1. The maximum atomic E-state index is 10.9. The summed E-state index contributed by atoms with van der Waals surface area (Å²) in [5, 5.41) is 69.0. The number of benzene rings is 3. The highest BCUT2D eigenvalue weighted by Gasteiger charge is 2.18. The molecule has 4 aromatic rings. The van der Waals surface area contributed by atoms with Crippen LogP contribution in [0.4, 0.5) is 34.6 Å². The molecule has 0 saturated heterocycles. The first-order valence-electron chi connectivity index (χ1n) is 13.0. The van der Waals surface area contributed by atoms with Gasteiger partial charge in [0.1, 0.15) is 17.1 Å². The van der Waals surface area contributed by atoms with Gasteiger partial charge in [0.15, 0.2) is 0 Å². The fraction of sp³-hybridized carbons (Fsp3) is 0.208. The van der Waals surface area contributed by atoms with Crippen LogP contribution in [0.1, 0.15) is 0 Å². The molecule has 4 rings (SSSR count). The summed E-state index contributed by atoms with van der Waals surface area (Å²) >= 11 is 9.50. The molecule has 0 spiro atoms. The molecule has 0 aliphatic heterocycles. The largest absolute Gasteiger partial charge is 0.507 e. The number of aromatic hydroxyl groups is 1. The van der Waals surface area contributed by atoms with Gasteiger partial charge in [-0.15, -0.1) is 23.2 Å². The van der Waals surface area contributed by atoms with Gasteiger partial charge in [0.25, 0.3) is 0 Å². The average Bonchev–Trinajstić information content (AvgIpc) is 3.07. The van der Waals surface area contributed by atoms with E-state index < -0.39 is 0 Å². The molecule has 1 heterocycles. The lowest BCUT2D eigenvalue weighted by atomic mass is 10.1. The lowest BCUT2D eigenvalue weighted by Crippen LogP contribution is -2.23. The predicted octanol–water partition coefficient (Wildman–Crippen LogP) is 6.57. The van der Waals surface area contributed by atoms with E-state index >= 15 is 0 Å². The zero-order valence-electron chi connectivity index (χ0n) is 24.2. The summed E-state index contributed by atoms with van der Waals surface area (Å²) in [7, 11) is 1.80. The highest BCUT2D eigenvalue weighted by atomic mass is 35.5. The Hall–Kier alpha value is -2.98. The molecule has 3 aromatic carbocycles. The number of phenols is 1. The van der Waals surface area contributed by atoms with E-state index in [1.165, 1.54) is 12.1 Å². The smallest absolute Gasteiger partial charge is 0.233 e. The van der Waals surface area contributed by atoms with Crippen LogP contribution in [-0.2, 0) is 28.1 Å². The van der Waals surface area contributed by atoms with E-state index in [1.54, 1.807) is 48.0 Å². The number of fused-ring (bicyclic) bond motifs is 1. The van der Waals surface area contributed by atoms with Gasteiger partial charge in [0, 0.05) is 35.7 Å². The number of halogens is 1. The zero-order valence-corrected chi connectivity index (χ0v) is 28.3. The molecule has 0 aliphatic rings. The van der Waals surface area contributed by atoms with Gasteiger partial charge < -0.3 is 26.2 Å². The third-order valence-electron chi connectivity index (χ3n) is 5.85. The SMILES string of the molecule is CN(CCSCCO)c1nc(Cl)nc(Nc2ccc(/N=N/c3c(N)c(SOOO)cc4cc(SOOO)cc(O)c34)c(SOOO)c2)n1. The summed E-state index contributed by atoms with van der Waals surface area (Å²) in [6.45, 7) is 0.686. The minimum absolute atomic E-state index is 0.000790. The maximum absolute atomic E-state index is 10.9. The second-order valence-electron chi connectivity index (χ2n) is 8.85. The molecule has 0 radical (unpaired) electrons. The monoisotopic (exact) mass is 764 g/mol. The van der Waals surface area contributed by atoms with Gasteiger partial charge in [-0.2, -0.15) is 26.7 Å². The van der Waals surface area contributed by atoms with Crippen LogP contribution >= 0.6 is 59.5 Å². The standard InChI is InChI=1S/C24H25ClN8O11S4/c1-33(4-6-45-7-5-34)24-29-22(25)28-23(30-24)27-13-2-3-15(17(10-13)47-43-40-37)31-32-21-19-12(9-18(20(21)26)48-44-41-38)8-14(11-16(19)35)46-42-39-36/h2-3,8-11,34-38H,4-7,26H2,1H3,(H,27,28,29,30)/b32-31+. The number of thioether (sulfide) groups is 1. The Kier molecular flexibility index (Phi) is 15.2. The number of nitrogens with one attached hydrogen (secondary N) is 1. The second-order valence-corrected chi connectivity index (χ2v) is 12.7. The Morgan fingerprint density at radius 3 is 2.38 bits per heavy atom. The van der Waals surface area contributed by atoms with E-state index in [9.17, 15) is 5.11 Å². The number of nitrogens with two attached hydrogens (primary N) is 1. The normalized spacial score (nSPS) is 11.5. The number of hydrogen-bond acceptors (Lipinski definition) is 23. The highest BCUT2D eigenvalue weighted by Crippen LogP contribution is 2.46. The van der Waals surface area contributed by atoms with Crippen LogP contribution < -0.4 is 16.0 Å². The fourth-order valence-corrected chi connectivity index (χ4v) is 6.13. The molecule has 48 heavy (non-hydrogen) atoms. The molecule has 258 valence electrons. The van der Waals surface area contributed by atoms with E-state index in [-0.39, 0.29) is 55.8 Å². The number of aliphatic hydroxyl groups excluding tert-OH is 1. The van der Waals surface area contributed by atoms with Crippen LogP contribution in [0.15, 0.2) is 61.3 Å². The van der Waals surface area contributed by atoms with Gasteiger partial charge in [-0.1, -0.05) is 15.1 Å². The van der Waals surface area contributed by atoms with E-state index in [0.29, 0.717) is 70.3 Å². The summed E-state index contributed by atoms with van der Waals surface area (Å²) in [4.78, 5) is 15.3. The predicted molar refractivity (Wildman–Crippen MR) is 178 cm³/mol. The lowest BCUT2D eigenvalue weighted by Gasteiger charge is -2.17. The number of anilines is 4. The summed E-state index contributed by atoms with van der Waals surface area (Å²) in [6.07, 6.45) is 0. The molecule has 0 amide bonds. The van der Waals surface area contributed by atoms with Crippen molar-refractivity contribution in [3.8, 4) is 5.75 Å². The van der Waals surface area contributed by atoms with Gasteiger partial charge in [-0.05, 0) is 53.4 Å². The number of nitrogen functional groups attached to an aromatic ring is 1. The first kappa shape index (κ1) is 37.8. The first-order chi connectivity index (χ1) is 23.3. The number of rotatable bonds is 19. The van der Waals surface area contributed by atoms with Gasteiger partial charge in [0.05, 0.1) is 63.6 Å². The summed E-state index contributed by atoms with van der Waals surface area (Å²) in [5.74, 6) is 1.53. The number of hydrogen-bond donors (Lipinski definition) is 7. The maximum Gasteiger partial charge on any atom is 0.233 e. The Bertz CT molecular complexity index is 1720. The van der Waals surface area contributed by atoms with E-state index in [2.05, 4.69) is 58.6 Å². The second kappa shape index (κ2) is 19.3. The molecule has 24 heteroatoms. The Morgan fingerprint density at radius 1 is 0.917 bits per heavy atom. The average molecular weight is 765 g/mol. The molecule has 19 nitrogen and oxygen atoms in total. The van der Waals surface area contributed by atoms with E-state index in [0.717, 1.165) is 5.75 Å². The lowest BCUT2D eigenvalue weighted by molar-refractivity contribution is -0.432. The molecule has 1 aromatic heterocycles. The van der Waals surface area contributed by atoms with Crippen LogP contribution in [0.2, 0.25) is 5.28 Å². The minimum Gasteiger partial charge on any atom is -0.507 e. The van der Waals surface area contributed by atoms with E-state index in [1.807, 2.05) is 0 Å². The molecule has 0 unspecified atom stereocenters. The molecule has 0 atom stereocenters. The summed E-state index contributed by atoms with van der Waals surface area (Å²) in [6, 6.07) is 9.11. The molecular formula is C24H25ClN8O11S4. The molecule has 0 aliphatic carbocycles. The quantitative estimate of drug-likeness (QED) is 0.0133. The van der Waals surface area contributed by atoms with Crippen molar-refractivity contribution >= 4 is 105 Å². The third-order valence-corrected chi connectivity index (χ3v) is 8.80. The zero-order chi connectivity index (χ0) is 34.5. The first-order valence-corrected chi connectivity index (χ1v) is 16.7. The van der Waals surface area contributed by atoms with Crippen molar-refractivity contribution in [2.24, 2.45) is 10.2 Å². The highest BCUT2D eigenvalue weighted by molar-refractivity contribution is 7.99. The van der Waals surface area contributed by atoms with Crippen molar-refractivity contribution in [2.45, 2.75) is 14.7 Å². The van der Waals surface area contributed by atoms with E-state index in [4.69, 9.17) is 38.2 Å². The van der Waals surface area contributed by atoms with Crippen molar-refractivity contribution < 1.29 is 54.1 Å². The topological polar surface area (TPSA) is 261 Å². The Labute approximate surface area is 292 Å². The minimum atomic E-state index is -0.274. The van der Waals surface area contributed by atoms with Gasteiger partial charge in [-0.3, -0.25) is 0 Å². The Morgan fingerprint density at radius 2 is 1.65 bits per heavy atom. The van der Waals surface area contributed by atoms with Crippen LogP contribution in [-0.4, -0.2) is 72.6 Å². The molecule has 0 bridgehead atoms. The van der Waals surface area contributed by atoms with Crippen LogP contribution in [0.5, 0.6) is 5.75 Å². The molecule has 0 saturated carbocycles. The van der Waals surface area contributed by atoms with Crippen LogP contribution in [0, 0.1) is 0 Å².